The zero-order chi connectivity index (χ0) is 20.3. The second-order valence-corrected chi connectivity index (χ2v) is 8.10. The normalized spacial score (nSPS) is 21.9. The van der Waals surface area contributed by atoms with Crippen molar-refractivity contribution in [3.8, 4) is 0 Å². The van der Waals surface area contributed by atoms with Crippen molar-refractivity contribution in [1.82, 2.24) is 10.2 Å². The van der Waals surface area contributed by atoms with E-state index in [1.54, 1.807) is 12.1 Å². The van der Waals surface area contributed by atoms with Gasteiger partial charge >= 0.3 is 0 Å². The van der Waals surface area contributed by atoms with Gasteiger partial charge in [0.1, 0.15) is 11.7 Å². The quantitative estimate of drug-likeness (QED) is 0.692. The van der Waals surface area contributed by atoms with Crippen LogP contribution in [0.25, 0.3) is 0 Å². The van der Waals surface area contributed by atoms with E-state index < -0.39 is 11.7 Å². The molecule has 28 heavy (non-hydrogen) atoms. The Morgan fingerprint density at radius 1 is 1.25 bits per heavy atom. The van der Waals surface area contributed by atoms with Gasteiger partial charge < -0.3 is 20.4 Å². The maximum absolute atomic E-state index is 12.6. The smallest absolute Gasteiger partial charge is 0.227 e. The first-order chi connectivity index (χ1) is 13.3. The van der Waals surface area contributed by atoms with Gasteiger partial charge in [0.05, 0.1) is 13.0 Å². The third-order valence-corrected chi connectivity index (χ3v) is 5.81. The van der Waals surface area contributed by atoms with Crippen molar-refractivity contribution in [2.75, 3.05) is 19.6 Å². The van der Waals surface area contributed by atoms with Gasteiger partial charge in [0.15, 0.2) is 0 Å². The number of aliphatic hydroxyl groups excluding tert-OH is 1. The Labute approximate surface area is 170 Å². The van der Waals surface area contributed by atoms with E-state index in [1.165, 1.54) is 16.0 Å². The van der Waals surface area contributed by atoms with Gasteiger partial charge in [0.2, 0.25) is 5.91 Å². The molecule has 0 spiro atoms. The van der Waals surface area contributed by atoms with Crippen LogP contribution in [0.15, 0.2) is 42.5 Å². The van der Waals surface area contributed by atoms with Crippen LogP contribution in [-0.4, -0.2) is 52.4 Å². The molecule has 2 atom stereocenters. The minimum atomic E-state index is -1.35. The van der Waals surface area contributed by atoms with E-state index in [0.29, 0.717) is 11.6 Å². The third kappa shape index (κ3) is 4.73. The van der Waals surface area contributed by atoms with Crippen LogP contribution in [0.2, 0.25) is 5.02 Å². The number of hydrogen-bond acceptors (Lipinski definition) is 4. The van der Waals surface area contributed by atoms with Crippen molar-refractivity contribution in [2.24, 2.45) is 0 Å². The monoisotopic (exact) mass is 402 g/mol. The summed E-state index contributed by atoms with van der Waals surface area (Å²) in [4.78, 5) is 14.1. The Hall–Kier alpha value is -1.92. The van der Waals surface area contributed by atoms with Crippen molar-refractivity contribution in [3.05, 3.63) is 69.7 Å². The topological polar surface area (TPSA) is 72.8 Å². The van der Waals surface area contributed by atoms with Crippen LogP contribution in [0, 0.1) is 13.8 Å². The Morgan fingerprint density at radius 3 is 2.68 bits per heavy atom. The lowest BCUT2D eigenvalue weighted by Crippen LogP contribution is -2.50. The van der Waals surface area contributed by atoms with Gasteiger partial charge in [-0.05, 0) is 48.2 Å². The number of aliphatic hydroxyl groups is 2. The predicted molar refractivity (Wildman–Crippen MR) is 110 cm³/mol. The SMILES string of the molecule is Cc1cccc(CNC[C@]2(O)CN(C(=O)Cc3ccc(Cl)cc3)C[C@H]2O)c1C. The summed E-state index contributed by atoms with van der Waals surface area (Å²) in [6, 6.07) is 13.2. The lowest BCUT2D eigenvalue weighted by Gasteiger charge is -2.26. The summed E-state index contributed by atoms with van der Waals surface area (Å²) in [5.41, 5.74) is 3.10. The molecule has 2 aromatic carbocycles. The molecule has 1 amide bonds. The fourth-order valence-corrected chi connectivity index (χ4v) is 3.67. The average Bonchev–Trinajstić information content (AvgIpc) is 2.96. The molecule has 0 aliphatic carbocycles. The molecule has 0 aromatic heterocycles. The molecule has 1 aliphatic heterocycles. The number of hydrogen-bond donors (Lipinski definition) is 3. The highest BCUT2D eigenvalue weighted by Gasteiger charge is 2.45. The lowest BCUT2D eigenvalue weighted by molar-refractivity contribution is -0.130. The number of likely N-dealkylation sites (tertiary alicyclic amines) is 1. The van der Waals surface area contributed by atoms with E-state index in [2.05, 4.69) is 25.2 Å². The highest BCUT2D eigenvalue weighted by Crippen LogP contribution is 2.23. The van der Waals surface area contributed by atoms with Gasteiger partial charge in [-0.25, -0.2) is 0 Å². The Bertz CT molecular complexity index is 840. The molecule has 0 radical (unpaired) electrons. The van der Waals surface area contributed by atoms with E-state index >= 15 is 0 Å². The highest BCUT2D eigenvalue weighted by atomic mass is 35.5. The largest absolute Gasteiger partial charge is 0.388 e. The summed E-state index contributed by atoms with van der Waals surface area (Å²) >= 11 is 5.87. The molecule has 1 fully saturated rings. The number of β-amino-alcohol motifs (C(OH)–C–C–N with tert-alkyl or cyclic N) is 2. The summed E-state index contributed by atoms with van der Waals surface area (Å²) in [6.45, 7) is 5.20. The average molecular weight is 403 g/mol. The molecule has 3 N–H and O–H groups in total. The molecule has 1 saturated heterocycles. The van der Waals surface area contributed by atoms with Crippen LogP contribution in [0.1, 0.15) is 22.3 Å². The minimum Gasteiger partial charge on any atom is -0.388 e. The van der Waals surface area contributed by atoms with Gasteiger partial charge in [0, 0.05) is 24.7 Å². The fourth-order valence-electron chi connectivity index (χ4n) is 3.55. The van der Waals surface area contributed by atoms with E-state index in [4.69, 9.17) is 11.6 Å². The number of amides is 1. The number of halogens is 1. The molecule has 1 heterocycles. The maximum atomic E-state index is 12.6. The summed E-state index contributed by atoms with van der Waals surface area (Å²) in [5.74, 6) is -0.119. The summed E-state index contributed by atoms with van der Waals surface area (Å²) < 4.78 is 0. The summed E-state index contributed by atoms with van der Waals surface area (Å²) in [6.07, 6.45) is -0.761. The molecule has 0 saturated carbocycles. The van der Waals surface area contributed by atoms with Gasteiger partial charge in [0.25, 0.3) is 0 Å². The molecule has 150 valence electrons. The maximum Gasteiger partial charge on any atom is 0.227 e. The second kappa shape index (κ2) is 8.62. The Kier molecular flexibility index (Phi) is 6.40. The molecule has 6 heteroatoms. The van der Waals surface area contributed by atoms with Gasteiger partial charge in [-0.3, -0.25) is 4.79 Å². The van der Waals surface area contributed by atoms with Crippen molar-refractivity contribution < 1.29 is 15.0 Å². The second-order valence-electron chi connectivity index (χ2n) is 7.66. The molecule has 1 aliphatic rings. The number of benzene rings is 2. The zero-order valence-electron chi connectivity index (χ0n) is 16.3. The summed E-state index contributed by atoms with van der Waals surface area (Å²) in [5, 5.41) is 25.1. The van der Waals surface area contributed by atoms with Crippen LogP contribution in [-0.2, 0) is 17.8 Å². The van der Waals surface area contributed by atoms with Crippen molar-refractivity contribution in [3.63, 3.8) is 0 Å². The van der Waals surface area contributed by atoms with Crippen molar-refractivity contribution >= 4 is 17.5 Å². The van der Waals surface area contributed by atoms with Crippen LogP contribution in [0.3, 0.4) is 0 Å². The van der Waals surface area contributed by atoms with Crippen LogP contribution < -0.4 is 5.32 Å². The fraction of sp³-hybridized carbons (Fsp3) is 0.409. The van der Waals surface area contributed by atoms with Gasteiger partial charge in [-0.2, -0.15) is 0 Å². The van der Waals surface area contributed by atoms with Gasteiger partial charge in [-0.15, -0.1) is 0 Å². The molecule has 5 nitrogen and oxygen atoms in total. The first-order valence-electron chi connectivity index (χ1n) is 9.47. The van der Waals surface area contributed by atoms with Crippen LogP contribution >= 0.6 is 11.6 Å². The molecular formula is C22H27ClN2O3. The number of carbonyl (C=O) groups is 1. The lowest BCUT2D eigenvalue weighted by atomic mass is 9.99. The number of nitrogens with one attached hydrogen (secondary N) is 1. The van der Waals surface area contributed by atoms with Crippen molar-refractivity contribution in [1.29, 1.82) is 0 Å². The number of carbonyl (C=O) groups excluding carboxylic acids is 1. The standard InChI is InChI=1S/C22H27ClN2O3/c1-15-4-3-5-18(16(15)2)11-24-13-22(28)14-25(12-20(22)26)21(27)10-17-6-8-19(23)9-7-17/h3-9,20,24,26,28H,10-14H2,1-2H3/t20-,22+/m1/s1. The molecule has 0 bridgehead atoms. The van der Waals surface area contributed by atoms with Gasteiger partial charge in [-0.1, -0.05) is 41.9 Å². The zero-order valence-corrected chi connectivity index (χ0v) is 17.0. The number of nitrogens with zero attached hydrogens (tertiary/aromatic N) is 1. The number of aryl methyl sites for hydroxylation is 1. The van der Waals surface area contributed by atoms with E-state index in [0.717, 1.165) is 11.1 Å². The first kappa shape index (κ1) is 20.8. The Balaban J connectivity index is 1.56. The first-order valence-corrected chi connectivity index (χ1v) is 9.85. The third-order valence-electron chi connectivity index (χ3n) is 5.56. The molecular weight excluding hydrogens is 376 g/mol. The van der Waals surface area contributed by atoms with Crippen molar-refractivity contribution in [2.45, 2.75) is 38.5 Å². The number of rotatable bonds is 6. The van der Waals surface area contributed by atoms with E-state index in [-0.39, 0.29) is 32.0 Å². The van der Waals surface area contributed by atoms with E-state index in [9.17, 15) is 15.0 Å². The van der Waals surface area contributed by atoms with E-state index in [1.807, 2.05) is 24.3 Å². The van der Waals surface area contributed by atoms with Crippen LogP contribution in [0.5, 0.6) is 0 Å². The predicted octanol–water partition coefficient (Wildman–Crippen LogP) is 2.22. The van der Waals surface area contributed by atoms with Crippen LogP contribution in [0.4, 0.5) is 0 Å². The Morgan fingerprint density at radius 2 is 1.96 bits per heavy atom. The molecule has 0 unspecified atom stereocenters. The molecule has 2 aromatic rings. The molecule has 3 rings (SSSR count). The minimum absolute atomic E-state index is 0.111. The summed E-state index contributed by atoms with van der Waals surface area (Å²) in [7, 11) is 0. The highest BCUT2D eigenvalue weighted by molar-refractivity contribution is 6.30.